The van der Waals surface area contributed by atoms with Crippen molar-refractivity contribution in [3.63, 3.8) is 0 Å². The van der Waals surface area contributed by atoms with Crippen LogP contribution in [0.15, 0.2) is 82.2 Å². The number of esters is 2. The Balaban J connectivity index is 1.62. The number of halogens is 2. The SMILES string of the molecule is C=CCc1cc(/C=c2\sc3n(c2=O)[C@H](c2ccc(OCC(=O)OC)c(OCC)c2)C(C(=O)OCC)=C(C)N=3)cc(OCC)c1OCc1ccc(Cl)c(Cl)c1. The highest BCUT2D eigenvalue weighted by Gasteiger charge is 2.34. The number of thiazole rings is 1. The van der Waals surface area contributed by atoms with Crippen LogP contribution in [0.5, 0.6) is 23.0 Å². The van der Waals surface area contributed by atoms with E-state index in [1.54, 1.807) is 63.3 Å². The van der Waals surface area contributed by atoms with Crippen molar-refractivity contribution < 1.29 is 38.0 Å². The summed E-state index contributed by atoms with van der Waals surface area (Å²) in [6.45, 7) is 11.7. The zero-order valence-corrected chi connectivity index (χ0v) is 32.9. The summed E-state index contributed by atoms with van der Waals surface area (Å²) in [5.41, 5.74) is 3.10. The number of aromatic nitrogens is 1. The second-order valence-corrected chi connectivity index (χ2v) is 13.6. The molecule has 0 saturated heterocycles. The lowest BCUT2D eigenvalue weighted by molar-refractivity contribution is -0.143. The lowest BCUT2D eigenvalue weighted by Gasteiger charge is -2.25. The number of rotatable bonds is 16. The minimum Gasteiger partial charge on any atom is -0.490 e. The number of fused-ring (bicyclic) bond motifs is 1. The molecule has 0 N–H and O–H groups in total. The Labute approximate surface area is 326 Å². The fourth-order valence-corrected chi connectivity index (χ4v) is 7.19. The molecule has 1 aliphatic heterocycles. The van der Waals surface area contributed by atoms with Crippen LogP contribution in [-0.2, 0) is 32.1 Å². The van der Waals surface area contributed by atoms with Crippen molar-refractivity contribution in [3.8, 4) is 23.0 Å². The zero-order chi connectivity index (χ0) is 38.9. The highest BCUT2D eigenvalue weighted by molar-refractivity contribution is 7.07. The van der Waals surface area contributed by atoms with Crippen molar-refractivity contribution in [2.45, 2.75) is 46.8 Å². The third kappa shape index (κ3) is 9.00. The van der Waals surface area contributed by atoms with Crippen LogP contribution in [0.2, 0.25) is 10.0 Å². The summed E-state index contributed by atoms with van der Waals surface area (Å²) in [4.78, 5) is 44.8. The summed E-state index contributed by atoms with van der Waals surface area (Å²) in [5, 5.41) is 0.875. The van der Waals surface area contributed by atoms with E-state index in [-0.39, 0.29) is 37.6 Å². The summed E-state index contributed by atoms with van der Waals surface area (Å²) in [5.74, 6) is 0.480. The Morgan fingerprint density at radius 2 is 1.69 bits per heavy atom. The Morgan fingerprint density at radius 3 is 2.37 bits per heavy atom. The Hall–Kier alpha value is -5.04. The molecule has 2 heterocycles. The smallest absolute Gasteiger partial charge is 0.343 e. The summed E-state index contributed by atoms with van der Waals surface area (Å²) in [6.07, 6.45) is 3.98. The van der Waals surface area contributed by atoms with Gasteiger partial charge >= 0.3 is 11.9 Å². The van der Waals surface area contributed by atoms with Crippen molar-refractivity contribution in [2.75, 3.05) is 33.5 Å². The van der Waals surface area contributed by atoms with Crippen LogP contribution in [0, 0.1) is 0 Å². The number of carbonyl (C=O) groups excluding carboxylic acids is 2. The van der Waals surface area contributed by atoms with E-state index in [1.807, 2.05) is 25.1 Å². The third-order valence-electron chi connectivity index (χ3n) is 8.16. The van der Waals surface area contributed by atoms with E-state index in [1.165, 1.54) is 23.0 Å². The number of ether oxygens (including phenoxy) is 6. The summed E-state index contributed by atoms with van der Waals surface area (Å²) < 4.78 is 35.9. The number of carbonyl (C=O) groups is 2. The maximum absolute atomic E-state index is 14.4. The fourth-order valence-electron chi connectivity index (χ4n) is 5.82. The molecule has 0 amide bonds. The summed E-state index contributed by atoms with van der Waals surface area (Å²) >= 11 is 13.5. The van der Waals surface area contributed by atoms with Crippen molar-refractivity contribution in [1.82, 2.24) is 4.57 Å². The average molecular weight is 796 g/mol. The van der Waals surface area contributed by atoms with Gasteiger partial charge in [0, 0.05) is 5.56 Å². The van der Waals surface area contributed by atoms with E-state index in [0.29, 0.717) is 72.2 Å². The molecular weight excluding hydrogens is 755 g/mol. The Kier molecular flexibility index (Phi) is 13.6. The maximum Gasteiger partial charge on any atom is 0.343 e. The monoisotopic (exact) mass is 794 g/mol. The normalized spacial score (nSPS) is 13.8. The van der Waals surface area contributed by atoms with E-state index in [0.717, 1.165) is 11.1 Å². The molecule has 1 atom stereocenters. The van der Waals surface area contributed by atoms with Crippen LogP contribution in [0.3, 0.4) is 0 Å². The van der Waals surface area contributed by atoms with Crippen molar-refractivity contribution in [2.24, 2.45) is 4.99 Å². The van der Waals surface area contributed by atoms with Gasteiger partial charge in [-0.15, -0.1) is 6.58 Å². The fraction of sp³-hybridized carbons (Fsp3) is 0.300. The molecule has 14 heteroatoms. The molecule has 4 aromatic rings. The predicted octanol–water partition coefficient (Wildman–Crippen LogP) is 6.76. The van der Waals surface area contributed by atoms with Gasteiger partial charge < -0.3 is 28.4 Å². The van der Waals surface area contributed by atoms with E-state index in [4.69, 9.17) is 56.6 Å². The largest absolute Gasteiger partial charge is 0.490 e. The van der Waals surface area contributed by atoms with Crippen molar-refractivity contribution in [3.05, 3.63) is 124 Å². The maximum atomic E-state index is 14.4. The first-order valence-corrected chi connectivity index (χ1v) is 18.7. The molecule has 0 unspecified atom stereocenters. The van der Waals surface area contributed by atoms with E-state index >= 15 is 0 Å². The summed E-state index contributed by atoms with van der Waals surface area (Å²) in [7, 11) is 1.27. The highest BCUT2D eigenvalue weighted by Crippen LogP contribution is 2.38. The third-order valence-corrected chi connectivity index (χ3v) is 9.88. The molecule has 0 saturated carbocycles. The molecule has 1 aromatic heterocycles. The Morgan fingerprint density at radius 1 is 0.926 bits per heavy atom. The standard InChI is InChI=1S/C40H40Cl2N2O9S/c1-7-11-27-16-25(18-32(50-9-3)37(27)53-21-24-12-14-28(41)29(42)17-24)19-33-38(46)44-36(35(39(47)51-10-4)23(5)43-40(44)54-33)26-13-15-30(31(20-26)49-8-2)52-22-34(45)48-6/h7,12-20,36H,1,8-11,21-22H2,2-6H3/b33-19-/t36-/m1/s1. The molecule has 3 aromatic carbocycles. The molecule has 0 radical (unpaired) electrons. The van der Waals surface area contributed by atoms with Crippen LogP contribution in [0.1, 0.15) is 56.0 Å². The van der Waals surface area contributed by atoms with Gasteiger partial charge in [0.15, 0.2) is 34.4 Å². The van der Waals surface area contributed by atoms with Gasteiger partial charge in [0.25, 0.3) is 5.56 Å². The molecule has 284 valence electrons. The lowest BCUT2D eigenvalue weighted by Crippen LogP contribution is -2.40. The van der Waals surface area contributed by atoms with Gasteiger partial charge in [-0.1, -0.05) is 52.7 Å². The van der Waals surface area contributed by atoms with Crippen LogP contribution in [0.4, 0.5) is 0 Å². The van der Waals surface area contributed by atoms with Gasteiger partial charge in [0.05, 0.1) is 58.8 Å². The lowest BCUT2D eigenvalue weighted by atomic mass is 9.95. The van der Waals surface area contributed by atoms with Crippen LogP contribution in [-0.4, -0.2) is 50.0 Å². The molecule has 0 bridgehead atoms. The molecular formula is C40H40Cl2N2O9S. The van der Waals surface area contributed by atoms with Crippen LogP contribution >= 0.6 is 34.5 Å². The molecule has 1 aliphatic rings. The first-order chi connectivity index (χ1) is 26.0. The highest BCUT2D eigenvalue weighted by atomic mass is 35.5. The van der Waals surface area contributed by atoms with Crippen LogP contribution in [0.25, 0.3) is 6.08 Å². The first kappa shape index (κ1) is 40.2. The van der Waals surface area contributed by atoms with Crippen molar-refractivity contribution in [1.29, 1.82) is 0 Å². The second kappa shape index (κ2) is 18.3. The first-order valence-electron chi connectivity index (χ1n) is 17.2. The van der Waals surface area contributed by atoms with Gasteiger partial charge in [-0.3, -0.25) is 9.36 Å². The Bertz CT molecular complexity index is 2280. The predicted molar refractivity (Wildman–Crippen MR) is 208 cm³/mol. The van der Waals surface area contributed by atoms with Crippen LogP contribution < -0.4 is 33.8 Å². The summed E-state index contributed by atoms with van der Waals surface area (Å²) in [6, 6.07) is 13.1. The number of benzene rings is 3. The van der Waals surface area contributed by atoms with Gasteiger partial charge in [-0.25, -0.2) is 14.6 Å². The molecule has 0 spiro atoms. The van der Waals surface area contributed by atoms with Gasteiger partial charge in [-0.05, 0) is 93.3 Å². The van der Waals surface area contributed by atoms with E-state index < -0.39 is 18.0 Å². The zero-order valence-electron chi connectivity index (χ0n) is 30.5. The van der Waals surface area contributed by atoms with Gasteiger partial charge in [-0.2, -0.15) is 0 Å². The number of hydrogen-bond acceptors (Lipinski definition) is 11. The van der Waals surface area contributed by atoms with Crippen molar-refractivity contribution >= 4 is 52.6 Å². The molecule has 5 rings (SSSR count). The van der Waals surface area contributed by atoms with Gasteiger partial charge in [0.1, 0.15) is 6.61 Å². The van der Waals surface area contributed by atoms with E-state index in [9.17, 15) is 14.4 Å². The second-order valence-electron chi connectivity index (χ2n) is 11.8. The molecule has 0 fully saturated rings. The molecule has 0 aliphatic carbocycles. The number of methoxy groups -OCH3 is 1. The average Bonchev–Trinajstić information content (AvgIpc) is 3.45. The number of allylic oxidation sites excluding steroid dienone is 2. The number of nitrogens with zero attached hydrogens (tertiary/aromatic N) is 2. The molecule has 11 nitrogen and oxygen atoms in total. The van der Waals surface area contributed by atoms with E-state index in [2.05, 4.69) is 6.58 Å². The number of hydrogen-bond donors (Lipinski definition) is 0. The minimum atomic E-state index is -0.913. The van der Waals surface area contributed by atoms with Gasteiger partial charge in [0.2, 0.25) is 0 Å². The topological polar surface area (TPSA) is 124 Å². The minimum absolute atomic E-state index is 0.125. The molecule has 54 heavy (non-hydrogen) atoms. The quantitative estimate of drug-likeness (QED) is 0.0894.